The summed E-state index contributed by atoms with van der Waals surface area (Å²) in [5.41, 5.74) is 1.26. The number of thioether (sulfide) groups is 1. The van der Waals surface area contributed by atoms with E-state index in [1.165, 1.54) is 16.9 Å². The number of nitrogens with one attached hydrogen (secondary N) is 1. The SMILES string of the molecule is CCSc1nnc(NC(=O)COc2ccc(C(C)(C)C)cc2Br)s1. The van der Waals surface area contributed by atoms with E-state index in [2.05, 4.69) is 52.2 Å². The Bertz CT molecular complexity index is 714. The average Bonchev–Trinajstić information content (AvgIpc) is 2.92. The Kier molecular flexibility index (Phi) is 6.65. The van der Waals surface area contributed by atoms with Crippen LogP contribution >= 0.6 is 39.0 Å². The molecular formula is C16H20BrN3O2S2. The van der Waals surface area contributed by atoms with Gasteiger partial charge in [-0.3, -0.25) is 10.1 Å². The fourth-order valence-corrected chi connectivity index (χ4v) is 3.98. The molecule has 0 aliphatic rings. The number of halogens is 1. The molecule has 1 N–H and O–H groups in total. The third kappa shape index (κ3) is 5.46. The van der Waals surface area contributed by atoms with Crippen LogP contribution < -0.4 is 10.1 Å². The van der Waals surface area contributed by atoms with Gasteiger partial charge in [0.25, 0.3) is 5.91 Å². The van der Waals surface area contributed by atoms with Gasteiger partial charge in [-0.2, -0.15) is 0 Å². The molecule has 0 bridgehead atoms. The maximum absolute atomic E-state index is 12.0. The van der Waals surface area contributed by atoms with Crippen molar-refractivity contribution in [1.29, 1.82) is 0 Å². The Hall–Kier alpha value is -1.12. The van der Waals surface area contributed by atoms with Crippen LogP contribution in [0.5, 0.6) is 5.75 Å². The lowest BCUT2D eigenvalue weighted by Crippen LogP contribution is -2.20. The molecule has 0 saturated carbocycles. The van der Waals surface area contributed by atoms with Gasteiger partial charge in [0.2, 0.25) is 5.13 Å². The Labute approximate surface area is 158 Å². The molecule has 0 aliphatic carbocycles. The highest BCUT2D eigenvalue weighted by Crippen LogP contribution is 2.31. The summed E-state index contributed by atoms with van der Waals surface area (Å²) in [6.07, 6.45) is 0. The highest BCUT2D eigenvalue weighted by molar-refractivity contribution is 9.10. The van der Waals surface area contributed by atoms with Crippen LogP contribution in [-0.4, -0.2) is 28.5 Å². The van der Waals surface area contributed by atoms with Crippen LogP contribution in [0.4, 0.5) is 5.13 Å². The summed E-state index contributed by atoms with van der Waals surface area (Å²) < 4.78 is 7.26. The van der Waals surface area contributed by atoms with Gasteiger partial charge < -0.3 is 4.74 Å². The highest BCUT2D eigenvalue weighted by Gasteiger charge is 2.16. The summed E-state index contributed by atoms with van der Waals surface area (Å²) in [7, 11) is 0. The average molecular weight is 430 g/mol. The van der Waals surface area contributed by atoms with Gasteiger partial charge in [-0.25, -0.2) is 0 Å². The topological polar surface area (TPSA) is 64.1 Å². The highest BCUT2D eigenvalue weighted by atomic mass is 79.9. The van der Waals surface area contributed by atoms with Crippen molar-refractivity contribution in [3.8, 4) is 5.75 Å². The molecule has 1 aromatic carbocycles. The van der Waals surface area contributed by atoms with Crippen LogP contribution in [0.15, 0.2) is 27.0 Å². The van der Waals surface area contributed by atoms with Crippen LogP contribution in [0.25, 0.3) is 0 Å². The van der Waals surface area contributed by atoms with Crippen molar-refractivity contribution in [3.05, 3.63) is 28.2 Å². The summed E-state index contributed by atoms with van der Waals surface area (Å²) >= 11 is 6.45. The summed E-state index contributed by atoms with van der Waals surface area (Å²) in [6, 6.07) is 5.90. The van der Waals surface area contributed by atoms with Crippen molar-refractivity contribution in [2.75, 3.05) is 17.7 Å². The van der Waals surface area contributed by atoms with E-state index in [1.807, 2.05) is 25.1 Å². The maximum atomic E-state index is 12.0. The number of rotatable bonds is 6. The number of benzene rings is 1. The minimum Gasteiger partial charge on any atom is -0.483 e. The monoisotopic (exact) mass is 429 g/mol. The molecule has 0 saturated heterocycles. The van der Waals surface area contributed by atoms with E-state index < -0.39 is 0 Å². The van der Waals surface area contributed by atoms with E-state index in [0.717, 1.165) is 14.6 Å². The number of hydrogen-bond acceptors (Lipinski definition) is 6. The van der Waals surface area contributed by atoms with Gasteiger partial charge in [0.15, 0.2) is 10.9 Å². The van der Waals surface area contributed by atoms with E-state index in [0.29, 0.717) is 10.9 Å². The molecule has 0 aliphatic heterocycles. The zero-order chi connectivity index (χ0) is 17.7. The Morgan fingerprint density at radius 3 is 2.75 bits per heavy atom. The lowest BCUT2D eigenvalue weighted by Gasteiger charge is -2.20. The van der Waals surface area contributed by atoms with Crippen molar-refractivity contribution in [3.63, 3.8) is 0 Å². The lowest BCUT2D eigenvalue weighted by molar-refractivity contribution is -0.118. The van der Waals surface area contributed by atoms with Crippen molar-refractivity contribution in [2.45, 2.75) is 37.4 Å². The standard InChI is InChI=1S/C16H20BrN3O2S2/c1-5-23-15-20-19-14(24-15)18-13(21)9-22-12-7-6-10(8-11(12)17)16(2,3)4/h6-8H,5,9H2,1-4H3,(H,18,19,21). The maximum Gasteiger partial charge on any atom is 0.264 e. The van der Waals surface area contributed by atoms with Crippen LogP contribution in [0.2, 0.25) is 0 Å². The number of carbonyl (C=O) groups is 1. The molecule has 0 atom stereocenters. The molecule has 0 unspecified atom stereocenters. The minimum absolute atomic E-state index is 0.0600. The second kappa shape index (κ2) is 8.31. The zero-order valence-corrected chi connectivity index (χ0v) is 17.3. The molecule has 1 heterocycles. The molecule has 24 heavy (non-hydrogen) atoms. The van der Waals surface area contributed by atoms with Gasteiger partial charge in [-0.1, -0.05) is 56.9 Å². The van der Waals surface area contributed by atoms with Gasteiger partial charge in [0, 0.05) is 0 Å². The smallest absolute Gasteiger partial charge is 0.264 e. The third-order valence-electron chi connectivity index (χ3n) is 3.08. The second-order valence-electron chi connectivity index (χ2n) is 6.04. The molecule has 130 valence electrons. The molecule has 2 rings (SSSR count). The molecular weight excluding hydrogens is 410 g/mol. The molecule has 0 fully saturated rings. The number of anilines is 1. The van der Waals surface area contributed by atoms with Crippen molar-refractivity contribution < 1.29 is 9.53 Å². The van der Waals surface area contributed by atoms with E-state index in [9.17, 15) is 4.79 Å². The first kappa shape index (κ1) is 19.2. The first-order valence-corrected chi connectivity index (χ1v) is 10.1. The molecule has 0 radical (unpaired) electrons. The molecule has 1 aromatic heterocycles. The Balaban J connectivity index is 1.91. The van der Waals surface area contributed by atoms with E-state index in [4.69, 9.17) is 4.74 Å². The Morgan fingerprint density at radius 1 is 1.38 bits per heavy atom. The van der Waals surface area contributed by atoms with Gasteiger partial charge in [0.1, 0.15) is 5.75 Å². The number of aromatic nitrogens is 2. The van der Waals surface area contributed by atoms with Gasteiger partial charge in [-0.05, 0) is 44.8 Å². The molecule has 1 amide bonds. The van der Waals surface area contributed by atoms with Crippen LogP contribution in [0.1, 0.15) is 33.3 Å². The number of hydrogen-bond donors (Lipinski definition) is 1. The predicted molar refractivity (Wildman–Crippen MR) is 103 cm³/mol. The summed E-state index contributed by atoms with van der Waals surface area (Å²) in [5, 5.41) is 11.1. The first-order valence-electron chi connectivity index (χ1n) is 7.48. The minimum atomic E-state index is -0.258. The lowest BCUT2D eigenvalue weighted by atomic mass is 9.87. The summed E-state index contributed by atoms with van der Waals surface area (Å²) in [4.78, 5) is 12.0. The second-order valence-corrected chi connectivity index (χ2v) is 9.38. The van der Waals surface area contributed by atoms with Gasteiger partial charge in [0.05, 0.1) is 4.47 Å². The fourth-order valence-electron chi connectivity index (χ4n) is 1.83. The fraction of sp³-hybridized carbons (Fsp3) is 0.438. The zero-order valence-electron chi connectivity index (χ0n) is 14.1. The van der Waals surface area contributed by atoms with E-state index >= 15 is 0 Å². The van der Waals surface area contributed by atoms with Crippen molar-refractivity contribution in [2.24, 2.45) is 0 Å². The molecule has 0 spiro atoms. The number of amides is 1. The van der Waals surface area contributed by atoms with E-state index in [1.54, 1.807) is 11.8 Å². The van der Waals surface area contributed by atoms with Crippen LogP contribution in [0, 0.1) is 0 Å². The summed E-state index contributed by atoms with van der Waals surface area (Å²) in [5.74, 6) is 1.30. The van der Waals surface area contributed by atoms with Crippen molar-refractivity contribution in [1.82, 2.24) is 10.2 Å². The normalized spacial score (nSPS) is 11.4. The third-order valence-corrected chi connectivity index (χ3v) is 5.55. The largest absolute Gasteiger partial charge is 0.483 e. The molecule has 5 nitrogen and oxygen atoms in total. The number of ether oxygens (including phenoxy) is 1. The molecule has 2 aromatic rings. The molecule has 8 heteroatoms. The van der Waals surface area contributed by atoms with Crippen molar-refractivity contribution >= 4 is 50.1 Å². The number of nitrogens with zero attached hydrogens (tertiary/aromatic N) is 2. The predicted octanol–water partition coefficient (Wildman–Crippen LogP) is 4.73. The van der Waals surface area contributed by atoms with Gasteiger partial charge >= 0.3 is 0 Å². The number of carbonyl (C=O) groups excluding carboxylic acids is 1. The van der Waals surface area contributed by atoms with Crippen LogP contribution in [0.3, 0.4) is 0 Å². The first-order chi connectivity index (χ1) is 11.3. The Morgan fingerprint density at radius 2 is 2.12 bits per heavy atom. The summed E-state index contributed by atoms with van der Waals surface area (Å²) in [6.45, 7) is 8.41. The van der Waals surface area contributed by atoms with E-state index in [-0.39, 0.29) is 17.9 Å². The quantitative estimate of drug-likeness (QED) is 0.530. The van der Waals surface area contributed by atoms with Crippen LogP contribution in [-0.2, 0) is 10.2 Å². The van der Waals surface area contributed by atoms with Gasteiger partial charge in [-0.15, -0.1) is 10.2 Å².